The van der Waals surface area contributed by atoms with Gasteiger partial charge in [0.25, 0.3) is 0 Å². The minimum Gasteiger partial charge on any atom is -0.368 e. The molecule has 0 bridgehead atoms. The molecule has 2 aromatic carbocycles. The van der Waals surface area contributed by atoms with E-state index in [1.165, 1.54) is 17.0 Å². The number of hydrogen-bond donors (Lipinski definition) is 0. The van der Waals surface area contributed by atoms with Crippen molar-refractivity contribution in [3.63, 3.8) is 0 Å². The zero-order valence-corrected chi connectivity index (χ0v) is 16.0. The van der Waals surface area contributed by atoms with E-state index in [-0.39, 0.29) is 0 Å². The number of aromatic nitrogens is 2. The van der Waals surface area contributed by atoms with Gasteiger partial charge in [-0.1, -0.05) is 41.7 Å². The number of aliphatic imine (C=N–C) groups is 1. The maximum atomic E-state index is 9.53. The predicted octanol–water partition coefficient (Wildman–Crippen LogP) is 3.90. The number of fused-ring (bicyclic) bond motifs is 3. The summed E-state index contributed by atoms with van der Waals surface area (Å²) in [4.78, 5) is 15.3. The minimum absolute atomic E-state index is 0.590. The maximum absolute atomic E-state index is 9.53. The lowest BCUT2D eigenvalue weighted by Gasteiger charge is -2.35. The molecule has 1 aliphatic rings. The van der Waals surface area contributed by atoms with Gasteiger partial charge in [0.15, 0.2) is 15.7 Å². The summed E-state index contributed by atoms with van der Waals surface area (Å²) in [5.74, 6) is 0.668. The third-order valence-electron chi connectivity index (χ3n) is 5.02. The van der Waals surface area contributed by atoms with Gasteiger partial charge in [0.1, 0.15) is 6.07 Å². The summed E-state index contributed by atoms with van der Waals surface area (Å²) in [6, 6.07) is 20.7. The number of rotatable bonds is 3. The molecule has 0 N–H and O–H groups in total. The topological polar surface area (TPSA) is 59.9 Å². The number of benzene rings is 2. The van der Waals surface area contributed by atoms with E-state index in [0.29, 0.717) is 10.7 Å². The van der Waals surface area contributed by atoms with Gasteiger partial charge in [-0.2, -0.15) is 5.26 Å². The second kappa shape index (κ2) is 6.98. The van der Waals surface area contributed by atoms with Crippen molar-refractivity contribution in [1.82, 2.24) is 14.3 Å². The van der Waals surface area contributed by atoms with Crippen LogP contribution in [0.4, 0.5) is 11.5 Å². The summed E-state index contributed by atoms with van der Waals surface area (Å²) in [5, 5.41) is 9.53. The number of hydrogen-bond acceptors (Lipinski definition) is 5. The van der Waals surface area contributed by atoms with Gasteiger partial charge in [-0.05, 0) is 24.3 Å². The Labute approximate surface area is 166 Å². The molecule has 0 aliphatic carbocycles. The lowest BCUT2D eigenvalue weighted by Crippen LogP contribution is -2.45. The van der Waals surface area contributed by atoms with Gasteiger partial charge in [-0.25, -0.2) is 9.98 Å². The molecule has 0 unspecified atom stereocenters. The van der Waals surface area contributed by atoms with Crippen LogP contribution in [0.2, 0.25) is 0 Å². The molecule has 0 spiro atoms. The number of piperazine rings is 1. The standard InChI is InChI=1S/C21H18N6S/c22-14-19-20(27-18-9-5-4-8-17(18)24-21(27)28-19)23-15-25-10-12-26(13-11-25)16-6-2-1-3-7-16/h1-9,15H,10-13H2. The van der Waals surface area contributed by atoms with Gasteiger partial charge < -0.3 is 9.80 Å². The second-order valence-electron chi connectivity index (χ2n) is 6.69. The molecule has 28 heavy (non-hydrogen) atoms. The average molecular weight is 386 g/mol. The molecule has 0 radical (unpaired) electrons. The van der Waals surface area contributed by atoms with Crippen LogP contribution in [0.5, 0.6) is 0 Å². The van der Waals surface area contributed by atoms with Crippen molar-refractivity contribution in [2.24, 2.45) is 4.99 Å². The minimum atomic E-state index is 0.590. The molecule has 6 nitrogen and oxygen atoms in total. The highest BCUT2D eigenvalue weighted by atomic mass is 32.1. The molecule has 1 aliphatic heterocycles. The fourth-order valence-electron chi connectivity index (χ4n) is 3.58. The number of thiazole rings is 1. The predicted molar refractivity (Wildman–Crippen MR) is 114 cm³/mol. The van der Waals surface area contributed by atoms with Gasteiger partial charge in [-0.15, -0.1) is 0 Å². The Morgan fingerprint density at radius 3 is 2.54 bits per heavy atom. The van der Waals surface area contributed by atoms with Gasteiger partial charge >= 0.3 is 0 Å². The van der Waals surface area contributed by atoms with Crippen molar-refractivity contribution < 1.29 is 0 Å². The first-order chi connectivity index (χ1) is 13.8. The van der Waals surface area contributed by atoms with E-state index >= 15 is 0 Å². The van der Waals surface area contributed by atoms with Crippen molar-refractivity contribution >= 4 is 45.2 Å². The summed E-state index contributed by atoms with van der Waals surface area (Å²) in [7, 11) is 0. The molecule has 7 heteroatoms. The molecular weight excluding hydrogens is 368 g/mol. The Balaban J connectivity index is 1.40. The SMILES string of the molecule is N#Cc1sc2nc3ccccc3n2c1N=CN1CCN(c2ccccc2)CC1. The molecule has 2 aromatic heterocycles. The zero-order valence-electron chi connectivity index (χ0n) is 15.2. The van der Waals surface area contributed by atoms with E-state index in [9.17, 15) is 5.26 Å². The van der Waals surface area contributed by atoms with Crippen LogP contribution in [0.25, 0.3) is 16.0 Å². The lowest BCUT2D eigenvalue weighted by molar-refractivity contribution is 0.396. The number of para-hydroxylation sites is 3. The van der Waals surface area contributed by atoms with Crippen molar-refractivity contribution in [3.8, 4) is 6.07 Å². The maximum Gasteiger partial charge on any atom is 0.197 e. The molecule has 1 saturated heterocycles. The van der Waals surface area contributed by atoms with Crippen LogP contribution in [-0.4, -0.2) is 46.8 Å². The Kier molecular flexibility index (Phi) is 4.18. The Morgan fingerprint density at radius 1 is 1.00 bits per heavy atom. The van der Waals surface area contributed by atoms with Crippen LogP contribution in [0.3, 0.4) is 0 Å². The third-order valence-corrected chi connectivity index (χ3v) is 5.95. The molecule has 0 saturated carbocycles. The van der Waals surface area contributed by atoms with Crippen LogP contribution in [-0.2, 0) is 0 Å². The highest BCUT2D eigenvalue weighted by molar-refractivity contribution is 7.18. The molecule has 0 amide bonds. The quantitative estimate of drug-likeness (QED) is 0.396. The molecule has 0 atom stereocenters. The highest BCUT2D eigenvalue weighted by Crippen LogP contribution is 2.33. The number of nitrogens with zero attached hydrogens (tertiary/aromatic N) is 6. The Morgan fingerprint density at radius 2 is 1.75 bits per heavy atom. The second-order valence-corrected chi connectivity index (χ2v) is 7.67. The first-order valence-corrected chi connectivity index (χ1v) is 10.0. The van der Waals surface area contributed by atoms with E-state index in [2.05, 4.69) is 45.1 Å². The van der Waals surface area contributed by atoms with Crippen molar-refractivity contribution in [3.05, 3.63) is 59.5 Å². The molecule has 5 rings (SSSR count). The summed E-state index contributed by atoms with van der Waals surface area (Å²) in [5.41, 5.74) is 3.16. The highest BCUT2D eigenvalue weighted by Gasteiger charge is 2.18. The Hall–Kier alpha value is -3.37. The van der Waals surface area contributed by atoms with Crippen molar-refractivity contribution in [1.29, 1.82) is 5.26 Å². The fourth-order valence-corrected chi connectivity index (χ4v) is 4.46. The fraction of sp³-hybridized carbons (Fsp3) is 0.190. The van der Waals surface area contributed by atoms with Crippen LogP contribution in [0, 0.1) is 11.3 Å². The molecule has 1 fully saturated rings. The summed E-state index contributed by atoms with van der Waals surface area (Å²) in [6.07, 6.45) is 1.87. The smallest absolute Gasteiger partial charge is 0.197 e. The van der Waals surface area contributed by atoms with E-state index in [0.717, 1.165) is 42.2 Å². The van der Waals surface area contributed by atoms with Gasteiger partial charge in [-0.3, -0.25) is 4.40 Å². The van der Waals surface area contributed by atoms with E-state index in [4.69, 9.17) is 4.99 Å². The molecular formula is C21H18N6S. The monoisotopic (exact) mass is 386 g/mol. The van der Waals surface area contributed by atoms with E-state index in [1.807, 2.05) is 41.1 Å². The summed E-state index contributed by atoms with van der Waals surface area (Å²) >= 11 is 1.38. The molecule has 138 valence electrons. The zero-order chi connectivity index (χ0) is 18.9. The van der Waals surface area contributed by atoms with Gasteiger partial charge in [0, 0.05) is 31.9 Å². The largest absolute Gasteiger partial charge is 0.368 e. The summed E-state index contributed by atoms with van der Waals surface area (Å²) in [6.45, 7) is 3.71. The number of imidazole rings is 1. The molecule has 4 aromatic rings. The first kappa shape index (κ1) is 16.8. The van der Waals surface area contributed by atoms with E-state index < -0.39 is 0 Å². The van der Waals surface area contributed by atoms with Crippen LogP contribution in [0.1, 0.15) is 4.88 Å². The lowest BCUT2D eigenvalue weighted by atomic mass is 10.2. The average Bonchev–Trinajstić information content (AvgIpc) is 3.29. The number of nitriles is 1. The van der Waals surface area contributed by atoms with Gasteiger partial charge in [0.05, 0.1) is 17.4 Å². The normalized spacial score (nSPS) is 15.0. The van der Waals surface area contributed by atoms with Crippen LogP contribution < -0.4 is 4.90 Å². The van der Waals surface area contributed by atoms with E-state index in [1.54, 1.807) is 0 Å². The number of anilines is 1. The third kappa shape index (κ3) is 2.88. The van der Waals surface area contributed by atoms with Crippen molar-refractivity contribution in [2.75, 3.05) is 31.1 Å². The Bertz CT molecular complexity index is 1190. The molecule has 3 heterocycles. The van der Waals surface area contributed by atoms with Crippen LogP contribution >= 0.6 is 11.3 Å². The van der Waals surface area contributed by atoms with Crippen molar-refractivity contribution in [2.45, 2.75) is 0 Å². The first-order valence-electron chi connectivity index (χ1n) is 9.22. The summed E-state index contributed by atoms with van der Waals surface area (Å²) < 4.78 is 1.98. The van der Waals surface area contributed by atoms with Crippen LogP contribution in [0.15, 0.2) is 59.6 Å². The van der Waals surface area contributed by atoms with Gasteiger partial charge in [0.2, 0.25) is 0 Å².